The minimum Gasteiger partial charge on any atom is -0.481 e. The molecule has 0 aliphatic heterocycles. The number of nitrogens with one attached hydrogen (secondary N) is 1. The van der Waals surface area contributed by atoms with Crippen LogP contribution in [0.4, 0.5) is 13.2 Å². The van der Waals surface area contributed by atoms with Crippen LogP contribution in [0.15, 0.2) is 24.3 Å². The van der Waals surface area contributed by atoms with Gasteiger partial charge in [-0.15, -0.1) is 13.2 Å². The molecule has 5 nitrogen and oxygen atoms in total. The minimum absolute atomic E-state index is 0.256. The molecule has 1 atom stereocenters. The van der Waals surface area contributed by atoms with Crippen molar-refractivity contribution in [3.8, 4) is 5.75 Å². The fourth-order valence-corrected chi connectivity index (χ4v) is 2.41. The molecule has 0 aliphatic carbocycles. The van der Waals surface area contributed by atoms with Gasteiger partial charge in [0.1, 0.15) is 5.75 Å². The van der Waals surface area contributed by atoms with Gasteiger partial charge >= 0.3 is 12.3 Å². The number of carbonyl (C=O) groups is 2. The largest absolute Gasteiger partial charge is 0.573 e. The third kappa shape index (κ3) is 8.09. The number of alkyl halides is 3. The van der Waals surface area contributed by atoms with Gasteiger partial charge in [0.2, 0.25) is 5.91 Å². The topological polar surface area (TPSA) is 75.6 Å². The molecule has 1 amide bonds. The SMILES string of the molecule is CSCCCC(=O)NC(CC(=O)O)c1ccc(OC(F)(F)F)cc1. The molecular formula is C15H18F3NO4S. The zero-order valence-corrected chi connectivity index (χ0v) is 13.7. The minimum atomic E-state index is -4.80. The summed E-state index contributed by atoms with van der Waals surface area (Å²) in [4.78, 5) is 22.8. The molecular weight excluding hydrogens is 347 g/mol. The highest BCUT2D eigenvalue weighted by molar-refractivity contribution is 7.98. The Hall–Kier alpha value is -1.90. The van der Waals surface area contributed by atoms with Crippen LogP contribution in [0.25, 0.3) is 0 Å². The third-order valence-corrected chi connectivity index (χ3v) is 3.68. The second kappa shape index (κ2) is 9.41. The van der Waals surface area contributed by atoms with Crippen LogP contribution in [0.5, 0.6) is 5.75 Å². The molecule has 1 aromatic rings. The summed E-state index contributed by atoms with van der Waals surface area (Å²) in [5.74, 6) is -1.03. The molecule has 1 aromatic carbocycles. The quantitative estimate of drug-likeness (QED) is 0.657. The van der Waals surface area contributed by atoms with Gasteiger partial charge in [-0.25, -0.2) is 0 Å². The van der Waals surface area contributed by atoms with Crippen LogP contribution < -0.4 is 10.1 Å². The standard InChI is InChI=1S/C15H18F3NO4S/c1-24-8-2-3-13(20)19-12(9-14(21)22)10-4-6-11(7-5-10)23-15(16,17)18/h4-7,12H,2-3,8-9H2,1H3,(H,19,20)(H,21,22). The van der Waals surface area contributed by atoms with Crippen molar-refractivity contribution in [3.05, 3.63) is 29.8 Å². The second-order valence-electron chi connectivity index (χ2n) is 4.93. The first kappa shape index (κ1) is 20.1. The van der Waals surface area contributed by atoms with Crippen LogP contribution in [0, 0.1) is 0 Å². The number of carbonyl (C=O) groups excluding carboxylic acids is 1. The van der Waals surface area contributed by atoms with Gasteiger partial charge in [0.15, 0.2) is 0 Å². The second-order valence-corrected chi connectivity index (χ2v) is 5.92. The summed E-state index contributed by atoms with van der Waals surface area (Å²) in [5.41, 5.74) is 0.394. The maximum Gasteiger partial charge on any atom is 0.573 e. The average Bonchev–Trinajstić information content (AvgIpc) is 2.45. The smallest absolute Gasteiger partial charge is 0.481 e. The highest BCUT2D eigenvalue weighted by Crippen LogP contribution is 2.25. The predicted molar refractivity (Wildman–Crippen MR) is 83.9 cm³/mol. The number of hydrogen-bond donors (Lipinski definition) is 2. The highest BCUT2D eigenvalue weighted by Gasteiger charge is 2.31. The molecule has 0 aromatic heterocycles. The molecule has 24 heavy (non-hydrogen) atoms. The van der Waals surface area contributed by atoms with E-state index in [1.54, 1.807) is 11.8 Å². The molecule has 0 saturated carbocycles. The lowest BCUT2D eigenvalue weighted by molar-refractivity contribution is -0.274. The summed E-state index contributed by atoms with van der Waals surface area (Å²) >= 11 is 1.60. The van der Waals surface area contributed by atoms with Crippen LogP contribution >= 0.6 is 11.8 Å². The van der Waals surface area contributed by atoms with E-state index >= 15 is 0 Å². The molecule has 0 bridgehead atoms. The number of halogens is 3. The van der Waals surface area contributed by atoms with Crippen molar-refractivity contribution in [1.82, 2.24) is 5.32 Å². The van der Waals surface area contributed by atoms with E-state index in [4.69, 9.17) is 5.11 Å². The highest BCUT2D eigenvalue weighted by atomic mass is 32.2. The van der Waals surface area contributed by atoms with Gasteiger partial charge in [-0.05, 0) is 36.1 Å². The Kier molecular flexibility index (Phi) is 7.90. The molecule has 1 rings (SSSR count). The van der Waals surface area contributed by atoms with Crippen molar-refractivity contribution < 1.29 is 32.6 Å². The van der Waals surface area contributed by atoms with Crippen molar-refractivity contribution in [2.45, 2.75) is 31.7 Å². The molecule has 0 aliphatic rings. The van der Waals surface area contributed by atoms with Crippen molar-refractivity contribution >= 4 is 23.6 Å². The molecule has 134 valence electrons. The number of hydrogen-bond acceptors (Lipinski definition) is 4. The summed E-state index contributed by atoms with van der Waals surface area (Å²) in [6, 6.07) is 3.95. The van der Waals surface area contributed by atoms with Gasteiger partial charge in [0.25, 0.3) is 0 Å². The summed E-state index contributed by atoms with van der Waals surface area (Å²) in [5, 5.41) is 11.6. The van der Waals surface area contributed by atoms with E-state index in [1.807, 2.05) is 6.26 Å². The monoisotopic (exact) mass is 365 g/mol. The number of carboxylic acid groups (broad SMARTS) is 1. The molecule has 0 saturated heterocycles. The first-order chi connectivity index (χ1) is 11.2. The van der Waals surface area contributed by atoms with E-state index in [9.17, 15) is 22.8 Å². The number of aliphatic carboxylic acids is 1. The summed E-state index contributed by atoms with van der Waals surface area (Å²) in [6.45, 7) is 0. The van der Waals surface area contributed by atoms with Gasteiger partial charge in [0, 0.05) is 6.42 Å². The fourth-order valence-electron chi connectivity index (χ4n) is 1.97. The number of benzene rings is 1. The van der Waals surface area contributed by atoms with Gasteiger partial charge < -0.3 is 15.2 Å². The van der Waals surface area contributed by atoms with Gasteiger partial charge in [0.05, 0.1) is 12.5 Å². The van der Waals surface area contributed by atoms with Gasteiger partial charge in [-0.1, -0.05) is 12.1 Å². The average molecular weight is 365 g/mol. The van der Waals surface area contributed by atoms with E-state index in [0.29, 0.717) is 12.0 Å². The van der Waals surface area contributed by atoms with Gasteiger partial charge in [-0.2, -0.15) is 11.8 Å². The lowest BCUT2D eigenvalue weighted by Crippen LogP contribution is -2.30. The van der Waals surface area contributed by atoms with E-state index < -0.39 is 24.1 Å². The van der Waals surface area contributed by atoms with Gasteiger partial charge in [-0.3, -0.25) is 9.59 Å². The molecule has 0 heterocycles. The van der Waals surface area contributed by atoms with E-state index in [1.165, 1.54) is 12.1 Å². The van der Waals surface area contributed by atoms with Crippen molar-refractivity contribution in [2.75, 3.05) is 12.0 Å². The Morgan fingerprint density at radius 1 is 1.29 bits per heavy atom. The predicted octanol–water partition coefficient (Wildman–Crippen LogP) is 3.36. The van der Waals surface area contributed by atoms with Crippen LogP contribution in [0.1, 0.15) is 30.9 Å². The van der Waals surface area contributed by atoms with Crippen molar-refractivity contribution in [3.63, 3.8) is 0 Å². The maximum absolute atomic E-state index is 12.1. The zero-order valence-electron chi connectivity index (χ0n) is 12.9. The number of ether oxygens (including phenoxy) is 1. The zero-order chi connectivity index (χ0) is 18.2. The lowest BCUT2D eigenvalue weighted by atomic mass is 10.0. The van der Waals surface area contributed by atoms with Crippen molar-refractivity contribution in [1.29, 1.82) is 0 Å². The van der Waals surface area contributed by atoms with Crippen LogP contribution in [-0.4, -0.2) is 35.4 Å². The molecule has 0 radical (unpaired) electrons. The Labute approximate surface area is 141 Å². The number of carboxylic acids is 1. The number of thioether (sulfide) groups is 1. The Balaban J connectivity index is 2.76. The first-order valence-electron chi connectivity index (χ1n) is 7.07. The lowest BCUT2D eigenvalue weighted by Gasteiger charge is -2.18. The third-order valence-electron chi connectivity index (χ3n) is 2.98. The number of amides is 1. The summed E-state index contributed by atoms with van der Waals surface area (Å²) in [7, 11) is 0. The molecule has 9 heteroatoms. The molecule has 0 spiro atoms. The normalized spacial score (nSPS) is 12.5. The summed E-state index contributed by atoms with van der Waals surface area (Å²) < 4.78 is 40.2. The Morgan fingerprint density at radius 3 is 2.42 bits per heavy atom. The van der Waals surface area contributed by atoms with Crippen molar-refractivity contribution in [2.24, 2.45) is 0 Å². The molecule has 0 fully saturated rings. The fraction of sp³-hybridized carbons (Fsp3) is 0.467. The van der Waals surface area contributed by atoms with E-state index in [0.717, 1.165) is 17.9 Å². The maximum atomic E-state index is 12.1. The van der Waals surface area contributed by atoms with Crippen LogP contribution in [0.2, 0.25) is 0 Å². The number of rotatable bonds is 9. The first-order valence-corrected chi connectivity index (χ1v) is 8.46. The Bertz CT molecular complexity index is 549. The Morgan fingerprint density at radius 2 is 1.92 bits per heavy atom. The van der Waals surface area contributed by atoms with Crippen LogP contribution in [0.3, 0.4) is 0 Å². The van der Waals surface area contributed by atoms with E-state index in [2.05, 4.69) is 10.1 Å². The van der Waals surface area contributed by atoms with E-state index in [-0.39, 0.29) is 18.7 Å². The van der Waals surface area contributed by atoms with Crippen LogP contribution in [-0.2, 0) is 9.59 Å². The summed E-state index contributed by atoms with van der Waals surface area (Å²) in [6.07, 6.45) is -2.34. The molecule has 1 unspecified atom stereocenters. The molecule has 2 N–H and O–H groups in total.